The Bertz CT molecular complexity index is 1240. The molecule has 0 radical (unpaired) electrons. The largest absolute Gasteiger partial charge is 0.384 e. The molecule has 2 fully saturated rings. The van der Waals surface area contributed by atoms with E-state index in [0.29, 0.717) is 25.1 Å². The number of rotatable bonds is 8. The number of amides is 2. The number of likely N-dealkylation sites (tertiary alicyclic amines) is 1. The van der Waals surface area contributed by atoms with Crippen molar-refractivity contribution in [3.8, 4) is 0 Å². The smallest absolute Gasteiger partial charge is 0.246 e. The summed E-state index contributed by atoms with van der Waals surface area (Å²) in [5, 5.41) is 10.6. The number of hydrogen-bond acceptors (Lipinski definition) is 4. The minimum absolute atomic E-state index is 0.00676. The molecule has 0 aromatic heterocycles. The zero-order valence-corrected chi connectivity index (χ0v) is 20.8. The number of benzene rings is 3. The van der Waals surface area contributed by atoms with E-state index in [0.717, 1.165) is 29.5 Å². The van der Waals surface area contributed by atoms with Crippen LogP contribution in [0.3, 0.4) is 0 Å². The average Bonchev–Trinajstić information content (AvgIpc) is 3.69. The summed E-state index contributed by atoms with van der Waals surface area (Å²) in [6.45, 7) is 0.871. The molecular formula is C30H33N5O2. The van der Waals surface area contributed by atoms with E-state index >= 15 is 0 Å². The number of carbonyl (C=O) groups excluding carboxylic acids is 2. The van der Waals surface area contributed by atoms with Crippen LogP contribution in [0, 0.1) is 11.3 Å². The van der Waals surface area contributed by atoms with Crippen LogP contribution in [0.2, 0.25) is 0 Å². The van der Waals surface area contributed by atoms with Crippen LogP contribution >= 0.6 is 0 Å². The van der Waals surface area contributed by atoms with Gasteiger partial charge in [-0.1, -0.05) is 84.9 Å². The number of piperidine rings is 1. The van der Waals surface area contributed by atoms with Gasteiger partial charge in [0.2, 0.25) is 11.8 Å². The first-order valence-electron chi connectivity index (χ1n) is 12.8. The molecule has 7 heteroatoms. The summed E-state index contributed by atoms with van der Waals surface area (Å²) < 4.78 is 0. The predicted molar refractivity (Wildman–Crippen MR) is 144 cm³/mol. The van der Waals surface area contributed by atoms with Gasteiger partial charge in [0.05, 0.1) is 6.04 Å². The van der Waals surface area contributed by atoms with Crippen LogP contribution in [-0.4, -0.2) is 40.7 Å². The topological polar surface area (TPSA) is 125 Å². The first kappa shape index (κ1) is 24.7. The van der Waals surface area contributed by atoms with Crippen LogP contribution < -0.4 is 16.8 Å². The quantitative estimate of drug-likeness (QED) is 0.283. The molecule has 190 valence electrons. The van der Waals surface area contributed by atoms with Crippen molar-refractivity contribution in [3.63, 3.8) is 0 Å². The third kappa shape index (κ3) is 4.74. The lowest BCUT2D eigenvalue weighted by molar-refractivity contribution is -0.145. The molecule has 1 aliphatic heterocycles. The molecule has 37 heavy (non-hydrogen) atoms. The van der Waals surface area contributed by atoms with Crippen LogP contribution in [-0.2, 0) is 16.1 Å². The van der Waals surface area contributed by atoms with Gasteiger partial charge in [0, 0.05) is 24.6 Å². The predicted octanol–water partition coefficient (Wildman–Crippen LogP) is 3.13. The van der Waals surface area contributed by atoms with Crippen LogP contribution in [0.1, 0.15) is 47.4 Å². The SMILES string of the molecule is N=C(N)c1ccc(CNC(=O)C23CC2CCCN3C(=O)C(N)C(c2ccccc2)c2ccccc2)cc1. The number of hydrogen-bond donors (Lipinski definition) is 4. The van der Waals surface area contributed by atoms with Gasteiger partial charge in [-0.05, 0) is 41.9 Å². The molecule has 1 aliphatic carbocycles. The zero-order valence-electron chi connectivity index (χ0n) is 20.8. The van der Waals surface area contributed by atoms with Crippen molar-refractivity contribution >= 4 is 17.6 Å². The van der Waals surface area contributed by atoms with Crippen LogP contribution in [0.25, 0.3) is 0 Å². The second kappa shape index (κ2) is 10.2. The molecular weight excluding hydrogens is 462 g/mol. The summed E-state index contributed by atoms with van der Waals surface area (Å²) in [5.74, 6) is -0.448. The van der Waals surface area contributed by atoms with Crippen molar-refractivity contribution in [3.05, 3.63) is 107 Å². The lowest BCUT2D eigenvalue weighted by atomic mass is 9.84. The maximum Gasteiger partial charge on any atom is 0.246 e. The Kier molecular flexibility index (Phi) is 6.80. The molecule has 0 bridgehead atoms. The average molecular weight is 496 g/mol. The Labute approximate surface area is 217 Å². The van der Waals surface area contributed by atoms with E-state index in [1.54, 1.807) is 17.0 Å². The van der Waals surface area contributed by atoms with Gasteiger partial charge in [0.15, 0.2) is 0 Å². The highest BCUT2D eigenvalue weighted by Gasteiger charge is 2.66. The highest BCUT2D eigenvalue weighted by molar-refractivity contribution is 5.97. The van der Waals surface area contributed by atoms with Crippen molar-refractivity contribution < 1.29 is 9.59 Å². The summed E-state index contributed by atoms with van der Waals surface area (Å²) in [6.07, 6.45) is 2.47. The van der Waals surface area contributed by atoms with Gasteiger partial charge < -0.3 is 21.7 Å². The number of nitrogens with two attached hydrogens (primary N) is 2. The standard InChI is InChI=1S/C30H33N5O2/c31-26(25(21-8-3-1-4-9-21)22-10-5-2-6-11-22)28(36)35-17-7-12-24-18-30(24,35)29(37)34-19-20-13-15-23(16-14-20)27(32)33/h1-6,8-11,13-16,24-26H,7,12,17-19,31H2,(H3,32,33)(H,34,37). The fraction of sp³-hybridized carbons (Fsp3) is 0.300. The summed E-state index contributed by atoms with van der Waals surface area (Å²) in [4.78, 5) is 29.3. The van der Waals surface area contributed by atoms with E-state index in [4.69, 9.17) is 16.9 Å². The summed E-state index contributed by atoms with van der Waals surface area (Å²) in [7, 11) is 0. The first-order valence-corrected chi connectivity index (χ1v) is 12.8. The Morgan fingerprint density at radius 2 is 1.57 bits per heavy atom. The summed E-state index contributed by atoms with van der Waals surface area (Å²) in [6, 6.07) is 26.2. The van der Waals surface area contributed by atoms with E-state index in [1.165, 1.54) is 0 Å². The van der Waals surface area contributed by atoms with E-state index in [1.807, 2.05) is 72.8 Å². The van der Waals surface area contributed by atoms with Gasteiger partial charge in [0.1, 0.15) is 11.4 Å². The van der Waals surface area contributed by atoms with Crippen molar-refractivity contribution in [2.75, 3.05) is 6.54 Å². The minimum atomic E-state index is -0.829. The zero-order chi connectivity index (χ0) is 26.0. The lowest BCUT2D eigenvalue weighted by Gasteiger charge is -2.38. The van der Waals surface area contributed by atoms with Crippen LogP contribution in [0.15, 0.2) is 84.9 Å². The molecule has 1 heterocycles. The molecule has 3 aromatic carbocycles. The minimum Gasteiger partial charge on any atom is -0.384 e. The van der Waals surface area contributed by atoms with Crippen LogP contribution in [0.5, 0.6) is 0 Å². The Morgan fingerprint density at radius 3 is 2.14 bits per heavy atom. The van der Waals surface area contributed by atoms with Gasteiger partial charge in [-0.2, -0.15) is 0 Å². The molecule has 3 atom stereocenters. The third-order valence-corrected chi connectivity index (χ3v) is 7.83. The van der Waals surface area contributed by atoms with Crippen molar-refractivity contribution in [1.29, 1.82) is 5.41 Å². The van der Waals surface area contributed by atoms with E-state index < -0.39 is 11.6 Å². The number of fused-ring (bicyclic) bond motifs is 1. The van der Waals surface area contributed by atoms with Crippen LogP contribution in [0.4, 0.5) is 0 Å². The number of nitrogen functional groups attached to an aromatic ring is 1. The van der Waals surface area contributed by atoms with Gasteiger partial charge in [-0.15, -0.1) is 0 Å². The number of carbonyl (C=O) groups is 2. The molecule has 1 saturated heterocycles. The maximum atomic E-state index is 14.0. The maximum absolute atomic E-state index is 14.0. The fourth-order valence-electron chi connectivity index (χ4n) is 5.78. The normalized spacial score (nSPS) is 21.1. The van der Waals surface area contributed by atoms with Crippen molar-refractivity contribution in [2.24, 2.45) is 17.4 Å². The molecule has 5 rings (SSSR count). The second-order valence-corrected chi connectivity index (χ2v) is 10.1. The fourth-order valence-corrected chi connectivity index (χ4v) is 5.78. The highest BCUT2D eigenvalue weighted by atomic mass is 16.2. The summed E-state index contributed by atoms with van der Waals surface area (Å²) in [5.41, 5.74) is 15.0. The molecule has 6 N–H and O–H groups in total. The third-order valence-electron chi connectivity index (χ3n) is 7.83. The monoisotopic (exact) mass is 495 g/mol. The second-order valence-electron chi connectivity index (χ2n) is 10.1. The molecule has 3 aromatic rings. The van der Waals surface area contributed by atoms with Gasteiger partial charge in [0.25, 0.3) is 0 Å². The molecule has 2 aliphatic rings. The van der Waals surface area contributed by atoms with E-state index in [2.05, 4.69) is 5.32 Å². The Hall–Kier alpha value is -3.97. The van der Waals surface area contributed by atoms with E-state index in [-0.39, 0.29) is 29.5 Å². The number of amidine groups is 1. The molecule has 1 saturated carbocycles. The van der Waals surface area contributed by atoms with Gasteiger partial charge in [-0.3, -0.25) is 15.0 Å². The van der Waals surface area contributed by atoms with E-state index in [9.17, 15) is 9.59 Å². The first-order chi connectivity index (χ1) is 17.9. The van der Waals surface area contributed by atoms with Crippen molar-refractivity contribution in [1.82, 2.24) is 10.2 Å². The molecule has 3 unspecified atom stereocenters. The molecule has 2 amide bonds. The lowest BCUT2D eigenvalue weighted by Crippen LogP contribution is -2.59. The molecule has 7 nitrogen and oxygen atoms in total. The van der Waals surface area contributed by atoms with Gasteiger partial charge >= 0.3 is 0 Å². The molecule has 0 spiro atoms. The highest BCUT2D eigenvalue weighted by Crippen LogP contribution is 2.54. The van der Waals surface area contributed by atoms with Gasteiger partial charge in [-0.25, -0.2) is 0 Å². The van der Waals surface area contributed by atoms with Crippen molar-refractivity contribution in [2.45, 2.75) is 43.3 Å². The Balaban J connectivity index is 1.36. The number of nitrogens with one attached hydrogen (secondary N) is 2. The number of nitrogens with zero attached hydrogens (tertiary/aromatic N) is 1. The summed E-state index contributed by atoms with van der Waals surface area (Å²) >= 11 is 0. The Morgan fingerprint density at radius 1 is 0.973 bits per heavy atom.